The Morgan fingerprint density at radius 1 is 1.10 bits per heavy atom. The second-order valence-corrected chi connectivity index (χ2v) is 6.97. The van der Waals surface area contributed by atoms with Crippen molar-refractivity contribution in [3.05, 3.63) is 35.9 Å². The van der Waals surface area contributed by atoms with Crippen LogP contribution in [0.25, 0.3) is 0 Å². The maximum Gasteiger partial charge on any atom is 0.0687 e. The van der Waals surface area contributed by atoms with Crippen LogP contribution in [0, 0.1) is 0 Å². The molecule has 116 valence electrons. The van der Waals surface area contributed by atoms with E-state index in [4.69, 9.17) is 10.5 Å². The van der Waals surface area contributed by atoms with Crippen LogP contribution in [0.5, 0.6) is 0 Å². The van der Waals surface area contributed by atoms with Crippen molar-refractivity contribution in [1.29, 1.82) is 0 Å². The lowest BCUT2D eigenvalue weighted by atomic mass is 9.83. The van der Waals surface area contributed by atoms with Crippen molar-refractivity contribution in [1.82, 2.24) is 0 Å². The lowest BCUT2D eigenvalue weighted by molar-refractivity contribution is -0.0661. The van der Waals surface area contributed by atoms with E-state index in [2.05, 4.69) is 24.3 Å². The largest absolute Gasteiger partial charge is 0.372 e. The molecular weight excluding hydrogens is 258 g/mol. The van der Waals surface area contributed by atoms with Crippen LogP contribution in [0.1, 0.15) is 75.8 Å². The van der Waals surface area contributed by atoms with Crippen molar-refractivity contribution in [2.45, 2.75) is 82.0 Å². The fourth-order valence-electron chi connectivity index (χ4n) is 4.10. The Labute approximate surface area is 129 Å². The average molecular weight is 287 g/mol. The van der Waals surface area contributed by atoms with Gasteiger partial charge in [0.05, 0.1) is 11.7 Å². The van der Waals surface area contributed by atoms with Crippen molar-refractivity contribution >= 4 is 0 Å². The van der Waals surface area contributed by atoms with Gasteiger partial charge in [0.25, 0.3) is 0 Å². The van der Waals surface area contributed by atoms with Crippen LogP contribution in [-0.2, 0) is 4.74 Å². The first kappa shape index (κ1) is 15.1. The minimum atomic E-state index is 0.177. The third-order valence-electron chi connectivity index (χ3n) is 5.37. The van der Waals surface area contributed by atoms with Gasteiger partial charge in [-0.05, 0) is 50.5 Å². The first-order valence-corrected chi connectivity index (χ1v) is 8.76. The maximum atomic E-state index is 6.44. The lowest BCUT2D eigenvalue weighted by Crippen LogP contribution is -2.31. The molecular formula is C19H29NO. The molecule has 2 fully saturated rings. The second-order valence-electron chi connectivity index (χ2n) is 6.97. The molecule has 1 saturated carbocycles. The zero-order chi connectivity index (χ0) is 14.5. The Morgan fingerprint density at radius 2 is 1.86 bits per heavy atom. The number of nitrogens with two attached hydrogens (primary N) is 1. The van der Waals surface area contributed by atoms with E-state index < -0.39 is 0 Å². The van der Waals surface area contributed by atoms with Gasteiger partial charge in [-0.2, -0.15) is 0 Å². The summed E-state index contributed by atoms with van der Waals surface area (Å²) in [6.45, 7) is 0. The van der Waals surface area contributed by atoms with Crippen molar-refractivity contribution in [2.75, 3.05) is 0 Å². The van der Waals surface area contributed by atoms with E-state index in [1.54, 1.807) is 0 Å². The Kier molecular flexibility index (Phi) is 4.97. The van der Waals surface area contributed by atoms with Gasteiger partial charge >= 0.3 is 0 Å². The summed E-state index contributed by atoms with van der Waals surface area (Å²) in [5.74, 6) is 0. The molecule has 21 heavy (non-hydrogen) atoms. The molecule has 2 unspecified atom stereocenters. The van der Waals surface area contributed by atoms with Crippen LogP contribution in [0.2, 0.25) is 0 Å². The predicted molar refractivity (Wildman–Crippen MR) is 87.1 cm³/mol. The van der Waals surface area contributed by atoms with E-state index in [-0.39, 0.29) is 11.6 Å². The summed E-state index contributed by atoms with van der Waals surface area (Å²) in [5, 5.41) is 0. The zero-order valence-electron chi connectivity index (χ0n) is 13.1. The highest BCUT2D eigenvalue weighted by Crippen LogP contribution is 2.43. The van der Waals surface area contributed by atoms with Crippen molar-refractivity contribution in [2.24, 2.45) is 5.73 Å². The molecule has 1 aromatic rings. The molecule has 3 rings (SSSR count). The van der Waals surface area contributed by atoms with E-state index in [9.17, 15) is 0 Å². The van der Waals surface area contributed by atoms with Crippen molar-refractivity contribution in [3.63, 3.8) is 0 Å². The molecule has 2 heteroatoms. The van der Waals surface area contributed by atoms with Gasteiger partial charge in [-0.1, -0.05) is 49.6 Å². The number of hydrogen-bond acceptors (Lipinski definition) is 2. The molecule has 2 atom stereocenters. The molecule has 1 aromatic carbocycles. The second kappa shape index (κ2) is 6.93. The quantitative estimate of drug-likeness (QED) is 0.849. The van der Waals surface area contributed by atoms with Crippen LogP contribution < -0.4 is 5.73 Å². The average Bonchev–Trinajstić information content (AvgIpc) is 2.91. The van der Waals surface area contributed by atoms with E-state index >= 15 is 0 Å². The van der Waals surface area contributed by atoms with Gasteiger partial charge in [0.2, 0.25) is 0 Å². The highest BCUT2D eigenvalue weighted by Gasteiger charge is 2.40. The van der Waals surface area contributed by atoms with Gasteiger partial charge in [0, 0.05) is 6.04 Å². The molecule has 0 aromatic heterocycles. The fourth-order valence-corrected chi connectivity index (χ4v) is 4.10. The fraction of sp³-hybridized carbons (Fsp3) is 0.684. The first-order valence-electron chi connectivity index (χ1n) is 8.76. The molecule has 2 nitrogen and oxygen atoms in total. The minimum absolute atomic E-state index is 0.177. The molecule has 1 aliphatic heterocycles. The maximum absolute atomic E-state index is 6.44. The van der Waals surface area contributed by atoms with E-state index in [1.807, 2.05) is 6.07 Å². The third kappa shape index (κ3) is 3.87. The summed E-state index contributed by atoms with van der Waals surface area (Å²) < 4.78 is 6.44. The van der Waals surface area contributed by atoms with Crippen molar-refractivity contribution < 1.29 is 4.74 Å². The Hall–Kier alpha value is -0.860. The SMILES string of the molecule is NC(CCCC1CCC2(CCCCC2)O1)c1ccccc1. The zero-order valence-corrected chi connectivity index (χ0v) is 13.1. The Balaban J connectivity index is 1.40. The topological polar surface area (TPSA) is 35.2 Å². The summed E-state index contributed by atoms with van der Waals surface area (Å²) >= 11 is 0. The monoisotopic (exact) mass is 287 g/mol. The number of benzene rings is 1. The highest BCUT2D eigenvalue weighted by molar-refractivity contribution is 5.18. The van der Waals surface area contributed by atoms with Gasteiger partial charge in [0.15, 0.2) is 0 Å². The van der Waals surface area contributed by atoms with Crippen LogP contribution in [-0.4, -0.2) is 11.7 Å². The Morgan fingerprint density at radius 3 is 2.62 bits per heavy atom. The van der Waals surface area contributed by atoms with E-state index in [0.717, 1.165) is 6.42 Å². The molecule has 1 heterocycles. The van der Waals surface area contributed by atoms with Crippen molar-refractivity contribution in [3.8, 4) is 0 Å². The van der Waals surface area contributed by atoms with E-state index in [1.165, 1.54) is 63.4 Å². The first-order chi connectivity index (χ1) is 10.3. The van der Waals surface area contributed by atoms with Crippen LogP contribution in [0.3, 0.4) is 0 Å². The number of ether oxygens (including phenoxy) is 1. The van der Waals surface area contributed by atoms with E-state index in [0.29, 0.717) is 6.10 Å². The summed E-state index contributed by atoms with van der Waals surface area (Å²) in [7, 11) is 0. The van der Waals surface area contributed by atoms with Gasteiger partial charge in [-0.3, -0.25) is 0 Å². The number of rotatable bonds is 5. The lowest BCUT2D eigenvalue weighted by Gasteiger charge is -2.33. The molecule has 0 bridgehead atoms. The predicted octanol–water partition coefficient (Wildman–Crippen LogP) is 4.74. The molecule has 2 N–H and O–H groups in total. The van der Waals surface area contributed by atoms with Gasteiger partial charge in [0.1, 0.15) is 0 Å². The molecule has 1 spiro atoms. The van der Waals surface area contributed by atoms with Crippen LogP contribution in [0.15, 0.2) is 30.3 Å². The van der Waals surface area contributed by atoms with Crippen LogP contribution in [0.4, 0.5) is 0 Å². The van der Waals surface area contributed by atoms with Gasteiger partial charge < -0.3 is 10.5 Å². The summed E-state index contributed by atoms with van der Waals surface area (Å²) in [4.78, 5) is 0. The van der Waals surface area contributed by atoms with Crippen LogP contribution >= 0.6 is 0 Å². The molecule has 0 amide bonds. The normalized spacial score (nSPS) is 26.0. The van der Waals surface area contributed by atoms with Gasteiger partial charge in [-0.25, -0.2) is 0 Å². The minimum Gasteiger partial charge on any atom is -0.372 e. The molecule has 0 radical (unpaired) electrons. The molecule has 1 saturated heterocycles. The molecule has 2 aliphatic rings. The summed E-state index contributed by atoms with van der Waals surface area (Å²) in [5.41, 5.74) is 7.80. The number of hydrogen-bond donors (Lipinski definition) is 1. The Bertz CT molecular complexity index is 424. The third-order valence-corrected chi connectivity index (χ3v) is 5.37. The summed E-state index contributed by atoms with van der Waals surface area (Å²) in [6, 6.07) is 10.6. The smallest absolute Gasteiger partial charge is 0.0687 e. The standard InChI is InChI=1S/C19H29NO/c20-18(16-8-3-1-4-9-16)11-7-10-17-12-15-19(21-17)13-5-2-6-14-19/h1,3-4,8-9,17-18H,2,5-7,10-15,20H2. The molecule has 1 aliphatic carbocycles. The van der Waals surface area contributed by atoms with Gasteiger partial charge in [-0.15, -0.1) is 0 Å². The highest BCUT2D eigenvalue weighted by atomic mass is 16.5. The summed E-state index contributed by atoms with van der Waals surface area (Å²) in [6.07, 6.45) is 13.2.